The first-order valence-electron chi connectivity index (χ1n) is 2.88. The van der Waals surface area contributed by atoms with E-state index in [9.17, 15) is 4.39 Å². The van der Waals surface area contributed by atoms with Gasteiger partial charge in [0.15, 0.2) is 0 Å². The number of nitrogen functional groups attached to an aromatic ring is 1. The maximum absolute atomic E-state index is 11.9. The number of nitrogens with two attached hydrogens (primary N) is 1. The molecule has 0 radical (unpaired) electrons. The van der Waals surface area contributed by atoms with Crippen molar-refractivity contribution in [1.29, 1.82) is 0 Å². The summed E-state index contributed by atoms with van der Waals surface area (Å²) in [6, 6.07) is 0. The molecule has 1 heterocycles. The van der Waals surface area contributed by atoms with E-state index in [1.165, 1.54) is 6.20 Å². The highest BCUT2D eigenvalue weighted by Crippen LogP contribution is 2.03. The smallest absolute Gasteiger partial charge is 0.144 e. The van der Waals surface area contributed by atoms with Crippen molar-refractivity contribution in [3.63, 3.8) is 0 Å². The maximum Gasteiger partial charge on any atom is 0.144 e. The molecule has 54 valence electrons. The van der Waals surface area contributed by atoms with E-state index < -0.39 is 6.67 Å². The molecule has 0 amide bonds. The average Bonchev–Trinajstić information content (AvgIpc) is 1.95. The molecular weight excluding hydrogens is 133 g/mol. The molecule has 4 heteroatoms. The van der Waals surface area contributed by atoms with Crippen molar-refractivity contribution in [2.45, 2.75) is 13.6 Å². The van der Waals surface area contributed by atoms with Crippen molar-refractivity contribution < 1.29 is 4.39 Å². The molecule has 0 aliphatic rings. The molecule has 0 bridgehead atoms. The summed E-state index contributed by atoms with van der Waals surface area (Å²) in [5.41, 5.74) is 6.25. The van der Waals surface area contributed by atoms with Crippen molar-refractivity contribution in [1.82, 2.24) is 9.97 Å². The summed E-state index contributed by atoms with van der Waals surface area (Å²) in [6.07, 6.45) is 1.34. The molecule has 0 aliphatic heterocycles. The Balaban J connectivity index is 3.04. The van der Waals surface area contributed by atoms with E-state index >= 15 is 0 Å². The Hall–Kier alpha value is -1.19. The average molecular weight is 141 g/mol. The van der Waals surface area contributed by atoms with Crippen LogP contribution in [0.2, 0.25) is 0 Å². The number of alkyl halides is 1. The Labute approximate surface area is 58.1 Å². The Morgan fingerprint density at radius 2 is 2.40 bits per heavy atom. The van der Waals surface area contributed by atoms with E-state index in [-0.39, 0.29) is 0 Å². The summed E-state index contributed by atoms with van der Waals surface area (Å²) in [5, 5.41) is 0. The molecule has 1 aromatic rings. The molecule has 0 aliphatic carbocycles. The van der Waals surface area contributed by atoms with Crippen LogP contribution in [0.1, 0.15) is 11.4 Å². The van der Waals surface area contributed by atoms with Crippen LogP contribution >= 0.6 is 0 Å². The van der Waals surface area contributed by atoms with Crippen LogP contribution in [0.25, 0.3) is 0 Å². The number of halogens is 1. The standard InChI is InChI=1S/C6H8FN3/c1-4-6(8)9-3-5(2-7)10-4/h3H,2H2,1H3,(H2,8,9). The predicted molar refractivity (Wildman–Crippen MR) is 36.0 cm³/mol. The number of anilines is 1. The minimum absolute atomic E-state index is 0.326. The fourth-order valence-corrected chi connectivity index (χ4v) is 0.603. The van der Waals surface area contributed by atoms with Gasteiger partial charge in [-0.3, -0.25) is 0 Å². The van der Waals surface area contributed by atoms with Crippen LogP contribution in [-0.4, -0.2) is 9.97 Å². The maximum atomic E-state index is 11.9. The molecule has 1 rings (SSSR count). The first kappa shape index (κ1) is 6.92. The van der Waals surface area contributed by atoms with Crippen LogP contribution in [0, 0.1) is 6.92 Å². The van der Waals surface area contributed by atoms with Crippen molar-refractivity contribution in [3.05, 3.63) is 17.6 Å². The second kappa shape index (κ2) is 2.60. The van der Waals surface area contributed by atoms with Crippen molar-refractivity contribution in [2.75, 3.05) is 5.73 Å². The molecule has 0 unspecified atom stereocenters. The fraction of sp³-hybridized carbons (Fsp3) is 0.333. The molecular formula is C6H8FN3. The Kier molecular flexibility index (Phi) is 1.80. The Morgan fingerprint density at radius 3 is 2.90 bits per heavy atom. The zero-order valence-electron chi connectivity index (χ0n) is 5.63. The van der Waals surface area contributed by atoms with Crippen LogP contribution in [0.4, 0.5) is 10.2 Å². The second-order valence-corrected chi connectivity index (χ2v) is 1.97. The van der Waals surface area contributed by atoms with Gasteiger partial charge in [-0.05, 0) is 6.92 Å². The molecule has 0 atom stereocenters. The fourth-order valence-electron chi connectivity index (χ4n) is 0.603. The van der Waals surface area contributed by atoms with Crippen molar-refractivity contribution >= 4 is 5.82 Å². The van der Waals surface area contributed by atoms with Gasteiger partial charge in [0.25, 0.3) is 0 Å². The number of aromatic nitrogens is 2. The van der Waals surface area contributed by atoms with Gasteiger partial charge < -0.3 is 5.73 Å². The lowest BCUT2D eigenvalue weighted by atomic mass is 10.4. The van der Waals surface area contributed by atoms with Gasteiger partial charge in [0.2, 0.25) is 0 Å². The van der Waals surface area contributed by atoms with Gasteiger partial charge in [0, 0.05) is 0 Å². The summed E-state index contributed by atoms with van der Waals surface area (Å²) < 4.78 is 11.9. The van der Waals surface area contributed by atoms with Crippen LogP contribution in [0.15, 0.2) is 6.20 Å². The number of nitrogens with zero attached hydrogens (tertiary/aromatic N) is 2. The third-order valence-electron chi connectivity index (χ3n) is 1.17. The molecule has 0 saturated carbocycles. The number of aryl methyl sites for hydroxylation is 1. The van der Waals surface area contributed by atoms with E-state index in [0.29, 0.717) is 17.2 Å². The summed E-state index contributed by atoms with van der Waals surface area (Å²) in [5.74, 6) is 0.359. The van der Waals surface area contributed by atoms with E-state index in [1.54, 1.807) is 6.92 Å². The summed E-state index contributed by atoms with van der Waals surface area (Å²) in [7, 11) is 0. The quantitative estimate of drug-likeness (QED) is 0.630. The van der Waals surface area contributed by atoms with Crippen LogP contribution in [-0.2, 0) is 6.67 Å². The molecule has 2 N–H and O–H groups in total. The number of rotatable bonds is 1. The molecule has 0 saturated heterocycles. The van der Waals surface area contributed by atoms with Gasteiger partial charge in [-0.25, -0.2) is 14.4 Å². The van der Waals surface area contributed by atoms with Crippen LogP contribution < -0.4 is 5.73 Å². The molecule has 0 fully saturated rings. The second-order valence-electron chi connectivity index (χ2n) is 1.97. The first-order valence-corrected chi connectivity index (χ1v) is 2.88. The van der Waals surface area contributed by atoms with Crippen LogP contribution in [0.3, 0.4) is 0 Å². The highest BCUT2D eigenvalue weighted by Gasteiger charge is 1.97. The molecule has 3 nitrogen and oxygen atoms in total. The van der Waals surface area contributed by atoms with Crippen molar-refractivity contribution in [3.8, 4) is 0 Å². The zero-order valence-corrected chi connectivity index (χ0v) is 5.63. The third-order valence-corrected chi connectivity index (χ3v) is 1.17. The molecule has 0 aromatic carbocycles. The summed E-state index contributed by atoms with van der Waals surface area (Å²) >= 11 is 0. The van der Waals surface area contributed by atoms with Crippen LogP contribution in [0.5, 0.6) is 0 Å². The largest absolute Gasteiger partial charge is 0.382 e. The minimum Gasteiger partial charge on any atom is -0.382 e. The highest BCUT2D eigenvalue weighted by molar-refractivity contribution is 5.32. The van der Waals surface area contributed by atoms with Gasteiger partial charge >= 0.3 is 0 Å². The van der Waals surface area contributed by atoms with Gasteiger partial charge in [0.1, 0.15) is 12.5 Å². The summed E-state index contributed by atoms with van der Waals surface area (Å²) in [4.78, 5) is 7.55. The highest BCUT2D eigenvalue weighted by atomic mass is 19.1. The SMILES string of the molecule is Cc1nc(CF)cnc1N. The van der Waals surface area contributed by atoms with Gasteiger partial charge in [0.05, 0.1) is 17.6 Å². The van der Waals surface area contributed by atoms with Gasteiger partial charge in [-0.2, -0.15) is 0 Å². The Bertz CT molecular complexity index is 236. The predicted octanol–water partition coefficient (Wildman–Crippen LogP) is 0.837. The lowest BCUT2D eigenvalue weighted by Gasteiger charge is -1.97. The normalized spacial score (nSPS) is 9.80. The van der Waals surface area contributed by atoms with E-state index in [4.69, 9.17) is 5.73 Å². The zero-order chi connectivity index (χ0) is 7.56. The lowest BCUT2D eigenvalue weighted by Crippen LogP contribution is -1.98. The monoisotopic (exact) mass is 141 g/mol. The topological polar surface area (TPSA) is 51.8 Å². The first-order chi connectivity index (χ1) is 4.74. The van der Waals surface area contributed by atoms with E-state index in [1.807, 2.05) is 0 Å². The minimum atomic E-state index is -0.589. The van der Waals surface area contributed by atoms with Gasteiger partial charge in [-0.1, -0.05) is 0 Å². The molecule has 1 aromatic heterocycles. The number of hydrogen-bond donors (Lipinski definition) is 1. The van der Waals surface area contributed by atoms with Gasteiger partial charge in [-0.15, -0.1) is 0 Å². The summed E-state index contributed by atoms with van der Waals surface area (Å²) in [6.45, 7) is 1.11. The Morgan fingerprint density at radius 1 is 1.70 bits per heavy atom. The molecule has 10 heavy (non-hydrogen) atoms. The lowest BCUT2D eigenvalue weighted by molar-refractivity contribution is 0.474. The molecule has 0 spiro atoms. The third kappa shape index (κ3) is 1.21. The van der Waals surface area contributed by atoms with E-state index in [2.05, 4.69) is 9.97 Å². The van der Waals surface area contributed by atoms with E-state index in [0.717, 1.165) is 0 Å². The van der Waals surface area contributed by atoms with Crippen molar-refractivity contribution in [2.24, 2.45) is 0 Å². The number of hydrogen-bond acceptors (Lipinski definition) is 3.